The molecule has 2 N–H and O–H groups in total. The summed E-state index contributed by atoms with van der Waals surface area (Å²) in [6, 6.07) is 8.26. The summed E-state index contributed by atoms with van der Waals surface area (Å²) in [4.78, 5) is 22.8. The topological polar surface area (TPSA) is 67.4 Å². The molecule has 1 heterocycles. The number of halogens is 1. The molecule has 0 unspecified atom stereocenters. The van der Waals surface area contributed by atoms with Gasteiger partial charge in [-0.25, -0.2) is 0 Å². The van der Waals surface area contributed by atoms with Gasteiger partial charge >= 0.3 is 0 Å². The van der Waals surface area contributed by atoms with Crippen LogP contribution in [0.4, 0.5) is 0 Å². The van der Waals surface area contributed by atoms with E-state index in [1.165, 1.54) is 0 Å². The second-order valence-corrected chi connectivity index (χ2v) is 4.22. The monoisotopic (exact) mass is 268 g/mol. The molecular weight excluding hydrogens is 256 g/mol. The number of amides is 2. The summed E-state index contributed by atoms with van der Waals surface area (Å²) in [5, 5.41) is 5.17. The molecule has 1 aliphatic heterocycles. The number of nitrogens with one attached hydrogen (secondary N) is 2. The van der Waals surface area contributed by atoms with Crippen LogP contribution in [0.25, 0.3) is 0 Å². The van der Waals surface area contributed by atoms with Crippen molar-refractivity contribution in [3.8, 4) is 5.75 Å². The van der Waals surface area contributed by atoms with E-state index in [1.807, 2.05) is 18.2 Å². The number of carbonyl (C=O) groups is 2. The summed E-state index contributed by atoms with van der Waals surface area (Å²) in [5.74, 6) is 0.332. The Kier molecular flexibility index (Phi) is 4.04. The van der Waals surface area contributed by atoms with E-state index in [-0.39, 0.29) is 30.3 Å². The molecule has 1 aliphatic rings. The molecule has 0 saturated carbocycles. The van der Waals surface area contributed by atoms with Gasteiger partial charge in [0.1, 0.15) is 11.8 Å². The van der Waals surface area contributed by atoms with Gasteiger partial charge < -0.3 is 15.4 Å². The van der Waals surface area contributed by atoms with Crippen molar-refractivity contribution >= 4 is 23.4 Å². The number of β-lactam (4-membered cyclic amide) rings is 1. The predicted molar refractivity (Wildman–Crippen MR) is 66.5 cm³/mol. The van der Waals surface area contributed by atoms with Crippen molar-refractivity contribution in [2.75, 3.05) is 12.5 Å². The van der Waals surface area contributed by atoms with Crippen LogP contribution >= 0.6 is 11.6 Å². The number of alkyl halides is 1. The summed E-state index contributed by atoms with van der Waals surface area (Å²) >= 11 is 5.62. The lowest BCUT2D eigenvalue weighted by molar-refractivity contribution is -0.136. The van der Waals surface area contributed by atoms with Crippen LogP contribution in [0.2, 0.25) is 0 Å². The summed E-state index contributed by atoms with van der Waals surface area (Å²) in [6.07, 6.45) is 0. The predicted octanol–water partition coefficient (Wildman–Crippen LogP) is 0.287. The van der Waals surface area contributed by atoms with Crippen LogP contribution in [-0.2, 0) is 9.59 Å². The van der Waals surface area contributed by atoms with Crippen LogP contribution in [0.5, 0.6) is 5.75 Å². The second-order valence-electron chi connectivity index (χ2n) is 3.92. The Hall–Kier alpha value is -1.75. The molecule has 18 heavy (non-hydrogen) atoms. The van der Waals surface area contributed by atoms with E-state index in [1.54, 1.807) is 12.1 Å². The highest BCUT2D eigenvalue weighted by Crippen LogP contribution is 2.09. The van der Waals surface area contributed by atoms with Crippen LogP contribution in [0.15, 0.2) is 30.3 Å². The highest BCUT2D eigenvalue weighted by molar-refractivity contribution is 6.19. The summed E-state index contributed by atoms with van der Waals surface area (Å²) < 4.78 is 5.26. The molecule has 1 aromatic carbocycles. The van der Waals surface area contributed by atoms with E-state index in [2.05, 4.69) is 10.6 Å². The van der Waals surface area contributed by atoms with Gasteiger partial charge in [0.2, 0.25) is 5.91 Å². The molecular formula is C12H13ClN2O3. The van der Waals surface area contributed by atoms with Crippen LogP contribution < -0.4 is 15.4 Å². The van der Waals surface area contributed by atoms with Crippen LogP contribution in [0, 0.1) is 0 Å². The van der Waals surface area contributed by atoms with Gasteiger partial charge in [0, 0.05) is 5.88 Å². The molecule has 2 rings (SSSR count). The largest absolute Gasteiger partial charge is 0.484 e. The fourth-order valence-electron chi connectivity index (χ4n) is 1.62. The summed E-state index contributed by atoms with van der Waals surface area (Å²) in [6.45, 7) is -0.122. The van der Waals surface area contributed by atoms with E-state index in [0.29, 0.717) is 5.75 Å². The zero-order valence-electron chi connectivity index (χ0n) is 9.56. The quantitative estimate of drug-likeness (QED) is 0.596. The maximum atomic E-state index is 11.6. The number of ether oxygens (including phenoxy) is 1. The number of hydrogen-bond acceptors (Lipinski definition) is 3. The van der Waals surface area contributed by atoms with Crippen molar-refractivity contribution in [2.24, 2.45) is 0 Å². The number of carbonyl (C=O) groups excluding carboxylic acids is 2. The molecule has 96 valence electrons. The van der Waals surface area contributed by atoms with Crippen molar-refractivity contribution < 1.29 is 14.3 Å². The van der Waals surface area contributed by atoms with E-state index in [0.717, 1.165) is 0 Å². The van der Waals surface area contributed by atoms with Gasteiger partial charge in [0.25, 0.3) is 5.91 Å². The zero-order valence-corrected chi connectivity index (χ0v) is 10.3. The molecule has 2 atom stereocenters. The number of rotatable bonds is 5. The van der Waals surface area contributed by atoms with Crippen LogP contribution in [0.1, 0.15) is 0 Å². The Balaban J connectivity index is 1.77. The molecule has 0 bridgehead atoms. The third-order valence-electron chi connectivity index (χ3n) is 2.61. The number of hydrogen-bond donors (Lipinski definition) is 2. The third kappa shape index (κ3) is 2.92. The smallest absolute Gasteiger partial charge is 0.258 e. The van der Waals surface area contributed by atoms with Crippen molar-refractivity contribution in [1.29, 1.82) is 0 Å². The fraction of sp³-hybridized carbons (Fsp3) is 0.333. The first-order valence-electron chi connectivity index (χ1n) is 5.54. The Labute approximate surface area is 109 Å². The molecule has 0 aliphatic carbocycles. The van der Waals surface area contributed by atoms with Gasteiger partial charge in [-0.3, -0.25) is 9.59 Å². The average Bonchev–Trinajstić information content (AvgIpc) is 2.41. The first-order valence-corrected chi connectivity index (χ1v) is 6.07. The number of para-hydroxylation sites is 1. The van der Waals surface area contributed by atoms with Gasteiger partial charge in [-0.2, -0.15) is 0 Å². The van der Waals surface area contributed by atoms with E-state index in [4.69, 9.17) is 16.3 Å². The lowest BCUT2D eigenvalue weighted by Gasteiger charge is -2.35. The standard InChI is InChI=1S/C12H13ClN2O3/c13-6-9-11(12(17)14-9)15-10(16)7-18-8-4-2-1-3-5-8/h1-5,9,11H,6-7H2,(H,14,17)(H,15,16)/t9-,11+/m1/s1. The SMILES string of the molecule is O=C(COc1ccccc1)N[C@@H]1C(=O)N[C@@H]1CCl. The molecule has 5 nitrogen and oxygen atoms in total. The fourth-order valence-corrected chi connectivity index (χ4v) is 1.87. The maximum absolute atomic E-state index is 11.6. The minimum atomic E-state index is -0.547. The highest BCUT2D eigenvalue weighted by atomic mass is 35.5. The lowest BCUT2D eigenvalue weighted by atomic mass is 10.0. The van der Waals surface area contributed by atoms with Gasteiger partial charge in [0.15, 0.2) is 6.61 Å². The Morgan fingerprint density at radius 2 is 2.11 bits per heavy atom. The molecule has 1 saturated heterocycles. The molecule has 1 fully saturated rings. The Bertz CT molecular complexity index is 438. The molecule has 2 amide bonds. The minimum Gasteiger partial charge on any atom is -0.484 e. The Morgan fingerprint density at radius 3 is 2.72 bits per heavy atom. The summed E-state index contributed by atoms with van der Waals surface area (Å²) in [7, 11) is 0. The van der Waals surface area contributed by atoms with Gasteiger partial charge in [-0.15, -0.1) is 11.6 Å². The zero-order chi connectivity index (χ0) is 13.0. The number of benzene rings is 1. The van der Waals surface area contributed by atoms with Crippen molar-refractivity contribution in [3.05, 3.63) is 30.3 Å². The van der Waals surface area contributed by atoms with Gasteiger partial charge in [-0.1, -0.05) is 18.2 Å². The van der Waals surface area contributed by atoms with Crippen LogP contribution in [-0.4, -0.2) is 36.4 Å². The molecule has 6 heteroatoms. The molecule has 0 aromatic heterocycles. The average molecular weight is 269 g/mol. The third-order valence-corrected chi connectivity index (χ3v) is 2.94. The maximum Gasteiger partial charge on any atom is 0.258 e. The van der Waals surface area contributed by atoms with Gasteiger partial charge in [0.05, 0.1) is 6.04 Å². The molecule has 0 spiro atoms. The van der Waals surface area contributed by atoms with Crippen molar-refractivity contribution in [2.45, 2.75) is 12.1 Å². The highest BCUT2D eigenvalue weighted by Gasteiger charge is 2.39. The normalized spacial score (nSPS) is 21.7. The lowest BCUT2D eigenvalue weighted by Crippen LogP contribution is -2.70. The van der Waals surface area contributed by atoms with E-state index < -0.39 is 6.04 Å². The van der Waals surface area contributed by atoms with Crippen LogP contribution in [0.3, 0.4) is 0 Å². The van der Waals surface area contributed by atoms with Crippen molar-refractivity contribution in [1.82, 2.24) is 10.6 Å². The van der Waals surface area contributed by atoms with E-state index in [9.17, 15) is 9.59 Å². The van der Waals surface area contributed by atoms with Crippen molar-refractivity contribution in [3.63, 3.8) is 0 Å². The second kappa shape index (κ2) is 5.73. The minimum absolute atomic E-state index is 0.122. The Morgan fingerprint density at radius 1 is 1.39 bits per heavy atom. The first kappa shape index (κ1) is 12.7. The van der Waals surface area contributed by atoms with Gasteiger partial charge in [-0.05, 0) is 12.1 Å². The summed E-state index contributed by atoms with van der Waals surface area (Å²) in [5.41, 5.74) is 0. The molecule has 0 radical (unpaired) electrons. The first-order chi connectivity index (χ1) is 8.70. The molecule has 1 aromatic rings. The van der Waals surface area contributed by atoms with E-state index >= 15 is 0 Å².